The van der Waals surface area contributed by atoms with Crippen molar-refractivity contribution in [3.8, 4) is 11.5 Å². The van der Waals surface area contributed by atoms with Crippen LogP contribution in [0.15, 0.2) is 65.8 Å². The molecule has 3 aromatic rings. The molecule has 158 valence electrons. The molecule has 8 heteroatoms. The molecule has 3 aromatic carbocycles. The van der Waals surface area contributed by atoms with Gasteiger partial charge in [0.25, 0.3) is 5.91 Å². The number of benzene rings is 3. The maximum absolute atomic E-state index is 12.4. The lowest BCUT2D eigenvalue weighted by molar-refractivity contribution is 0.0729. The molecule has 0 saturated carbocycles. The molecule has 0 spiro atoms. The Bertz CT molecular complexity index is 1140. The van der Waals surface area contributed by atoms with Crippen molar-refractivity contribution in [2.75, 3.05) is 7.11 Å². The zero-order chi connectivity index (χ0) is 22.4. The normalized spacial score (nSPS) is 10.7. The van der Waals surface area contributed by atoms with Crippen molar-refractivity contribution in [1.29, 1.82) is 0 Å². The van der Waals surface area contributed by atoms with Gasteiger partial charge in [-0.3, -0.25) is 4.79 Å². The zero-order valence-corrected chi connectivity index (χ0v) is 18.2. The molecule has 0 fully saturated rings. The molecule has 3 rings (SSSR count). The van der Waals surface area contributed by atoms with E-state index < -0.39 is 5.97 Å². The highest BCUT2D eigenvalue weighted by Crippen LogP contribution is 2.29. The summed E-state index contributed by atoms with van der Waals surface area (Å²) in [5, 5.41) is 4.55. The van der Waals surface area contributed by atoms with Gasteiger partial charge in [-0.2, -0.15) is 5.10 Å². The largest absolute Gasteiger partial charge is 0.493 e. The molecule has 0 saturated heterocycles. The van der Waals surface area contributed by atoms with Gasteiger partial charge in [-0.1, -0.05) is 40.9 Å². The van der Waals surface area contributed by atoms with Crippen molar-refractivity contribution in [1.82, 2.24) is 5.43 Å². The number of ether oxygens (including phenoxy) is 2. The van der Waals surface area contributed by atoms with Crippen molar-refractivity contribution in [2.45, 2.75) is 6.92 Å². The van der Waals surface area contributed by atoms with E-state index in [1.807, 2.05) is 19.1 Å². The highest BCUT2D eigenvalue weighted by molar-refractivity contribution is 6.36. The fourth-order valence-corrected chi connectivity index (χ4v) is 3.08. The van der Waals surface area contributed by atoms with Crippen LogP contribution in [-0.4, -0.2) is 25.2 Å². The summed E-state index contributed by atoms with van der Waals surface area (Å²) in [5.74, 6) is -0.452. The third-order valence-electron chi connectivity index (χ3n) is 4.23. The number of hydrazone groups is 1. The van der Waals surface area contributed by atoms with Gasteiger partial charge in [0.2, 0.25) is 0 Å². The Morgan fingerprint density at radius 2 is 1.71 bits per heavy atom. The number of carbonyl (C=O) groups is 2. The van der Waals surface area contributed by atoms with E-state index in [9.17, 15) is 9.59 Å². The summed E-state index contributed by atoms with van der Waals surface area (Å²) in [6.45, 7) is 1.94. The van der Waals surface area contributed by atoms with E-state index in [0.717, 1.165) is 5.56 Å². The Morgan fingerprint density at radius 3 is 2.39 bits per heavy atom. The number of nitrogens with zero attached hydrogens (tertiary/aromatic N) is 1. The molecular weight excluding hydrogens is 439 g/mol. The maximum Gasteiger partial charge on any atom is 0.345 e. The number of rotatable bonds is 6. The first-order chi connectivity index (χ1) is 14.9. The van der Waals surface area contributed by atoms with Crippen molar-refractivity contribution < 1.29 is 19.1 Å². The summed E-state index contributed by atoms with van der Waals surface area (Å²) in [4.78, 5) is 24.5. The number of carbonyl (C=O) groups excluding carboxylic acids is 2. The second kappa shape index (κ2) is 10.1. The van der Waals surface area contributed by atoms with Crippen LogP contribution in [0.1, 0.15) is 31.8 Å². The van der Waals surface area contributed by atoms with Crippen LogP contribution < -0.4 is 14.9 Å². The Morgan fingerprint density at radius 1 is 0.968 bits per heavy atom. The van der Waals surface area contributed by atoms with Crippen LogP contribution in [0, 0.1) is 6.92 Å². The van der Waals surface area contributed by atoms with Gasteiger partial charge in [-0.25, -0.2) is 10.2 Å². The van der Waals surface area contributed by atoms with E-state index in [1.54, 1.807) is 36.4 Å². The minimum atomic E-state index is -0.647. The number of esters is 1. The number of hydrogen-bond donors (Lipinski definition) is 1. The van der Waals surface area contributed by atoms with E-state index in [0.29, 0.717) is 21.9 Å². The van der Waals surface area contributed by atoms with Gasteiger partial charge in [0.05, 0.1) is 23.9 Å². The summed E-state index contributed by atoms with van der Waals surface area (Å²) >= 11 is 11.9. The summed E-state index contributed by atoms with van der Waals surface area (Å²) in [6, 6.07) is 16.5. The second-order valence-electron chi connectivity index (χ2n) is 6.49. The van der Waals surface area contributed by atoms with E-state index >= 15 is 0 Å². The first kappa shape index (κ1) is 22.3. The van der Waals surface area contributed by atoms with E-state index in [2.05, 4.69) is 10.5 Å². The average Bonchev–Trinajstić information content (AvgIpc) is 2.75. The summed E-state index contributed by atoms with van der Waals surface area (Å²) in [7, 11) is 1.45. The summed E-state index contributed by atoms with van der Waals surface area (Å²) in [5.41, 5.74) is 4.84. The Kier molecular flexibility index (Phi) is 7.28. The predicted octanol–water partition coefficient (Wildman–Crippen LogP) is 5.29. The van der Waals surface area contributed by atoms with Crippen LogP contribution in [0.4, 0.5) is 0 Å². The molecule has 0 bridgehead atoms. The maximum atomic E-state index is 12.4. The molecule has 6 nitrogen and oxygen atoms in total. The van der Waals surface area contributed by atoms with Crippen LogP contribution >= 0.6 is 23.2 Å². The van der Waals surface area contributed by atoms with Gasteiger partial charge in [-0.15, -0.1) is 0 Å². The molecule has 0 unspecified atom stereocenters. The van der Waals surface area contributed by atoms with Crippen LogP contribution in [0.25, 0.3) is 0 Å². The first-order valence-corrected chi connectivity index (χ1v) is 9.88. The van der Waals surface area contributed by atoms with Gasteiger partial charge in [0, 0.05) is 10.6 Å². The highest BCUT2D eigenvalue weighted by atomic mass is 35.5. The lowest BCUT2D eigenvalue weighted by Gasteiger charge is -2.10. The second-order valence-corrected chi connectivity index (χ2v) is 7.33. The summed E-state index contributed by atoms with van der Waals surface area (Å²) < 4.78 is 10.7. The molecule has 1 N–H and O–H groups in total. The van der Waals surface area contributed by atoms with Crippen molar-refractivity contribution in [3.63, 3.8) is 0 Å². The molecule has 0 heterocycles. The highest BCUT2D eigenvalue weighted by Gasteiger charge is 2.16. The molecule has 0 aliphatic carbocycles. The molecule has 0 aliphatic heterocycles. The van der Waals surface area contributed by atoms with Gasteiger partial charge >= 0.3 is 5.97 Å². The molecule has 0 aliphatic rings. The fourth-order valence-electron chi connectivity index (χ4n) is 2.59. The Hall–Kier alpha value is -3.35. The third kappa shape index (κ3) is 5.84. The minimum Gasteiger partial charge on any atom is -0.493 e. The predicted molar refractivity (Wildman–Crippen MR) is 121 cm³/mol. The van der Waals surface area contributed by atoms with Gasteiger partial charge in [0.15, 0.2) is 11.5 Å². The van der Waals surface area contributed by atoms with E-state index in [1.165, 1.54) is 25.5 Å². The number of halogens is 2. The topological polar surface area (TPSA) is 77.0 Å². The lowest BCUT2D eigenvalue weighted by Crippen LogP contribution is -2.17. The molecule has 0 radical (unpaired) electrons. The number of nitrogens with one attached hydrogen (secondary N) is 1. The molecule has 0 atom stereocenters. The van der Waals surface area contributed by atoms with Gasteiger partial charge in [0.1, 0.15) is 0 Å². The molecule has 1 amide bonds. The molecule has 0 aromatic heterocycles. The SMILES string of the molecule is COc1cc(/C=N/NC(=O)c2ccc(C)cc2)ccc1OC(=O)c1ccc(Cl)cc1Cl. The van der Waals surface area contributed by atoms with Crippen LogP contribution in [0.5, 0.6) is 11.5 Å². The zero-order valence-electron chi connectivity index (χ0n) is 16.7. The van der Waals surface area contributed by atoms with E-state index in [-0.39, 0.29) is 22.2 Å². The number of methoxy groups -OCH3 is 1. The fraction of sp³-hybridized carbons (Fsp3) is 0.0870. The number of aryl methyl sites for hydroxylation is 1. The van der Waals surface area contributed by atoms with Crippen LogP contribution in [-0.2, 0) is 0 Å². The van der Waals surface area contributed by atoms with Gasteiger partial charge in [-0.05, 0) is 61.0 Å². The van der Waals surface area contributed by atoms with Gasteiger partial charge < -0.3 is 9.47 Å². The Balaban J connectivity index is 1.69. The third-order valence-corrected chi connectivity index (χ3v) is 4.78. The smallest absolute Gasteiger partial charge is 0.345 e. The number of amides is 1. The van der Waals surface area contributed by atoms with Crippen molar-refractivity contribution in [3.05, 3.63) is 93.0 Å². The van der Waals surface area contributed by atoms with Crippen molar-refractivity contribution >= 4 is 41.3 Å². The Labute approximate surface area is 189 Å². The monoisotopic (exact) mass is 456 g/mol. The minimum absolute atomic E-state index is 0.178. The average molecular weight is 457 g/mol. The number of hydrogen-bond acceptors (Lipinski definition) is 5. The summed E-state index contributed by atoms with van der Waals surface area (Å²) in [6.07, 6.45) is 1.45. The van der Waals surface area contributed by atoms with Crippen LogP contribution in [0.3, 0.4) is 0 Å². The van der Waals surface area contributed by atoms with E-state index in [4.69, 9.17) is 32.7 Å². The molecule has 31 heavy (non-hydrogen) atoms. The standard InChI is InChI=1S/C23H18Cl2N2O4/c1-14-3-6-16(7-4-14)22(28)27-26-13-15-5-10-20(21(11-15)30-2)31-23(29)18-9-8-17(24)12-19(18)25/h3-13H,1-2H3,(H,27,28)/b26-13+. The van der Waals surface area contributed by atoms with Crippen molar-refractivity contribution in [2.24, 2.45) is 5.10 Å². The van der Waals surface area contributed by atoms with Crippen LogP contribution in [0.2, 0.25) is 10.0 Å². The lowest BCUT2D eigenvalue weighted by atomic mass is 10.1. The quantitative estimate of drug-likeness (QED) is 0.236. The molecular formula is C23H18Cl2N2O4. The first-order valence-electron chi connectivity index (χ1n) is 9.12.